The Balaban J connectivity index is 2.03. The molecule has 0 spiro atoms. The number of carbonyl (C=O) groups is 3. The molecule has 0 fully saturated rings. The minimum Gasteiger partial charge on any atom is -0.449 e. The van der Waals surface area contributed by atoms with Crippen LogP contribution in [0, 0.1) is 17.0 Å². The number of hydrogen-bond donors (Lipinski definition) is 1. The van der Waals surface area contributed by atoms with Crippen molar-refractivity contribution in [2.75, 3.05) is 5.32 Å². The van der Waals surface area contributed by atoms with Gasteiger partial charge in [-0.15, -0.1) is 0 Å². The molecule has 2 aromatic rings. The van der Waals surface area contributed by atoms with Gasteiger partial charge in [0.15, 0.2) is 11.9 Å². The third-order valence-electron chi connectivity index (χ3n) is 3.85. The van der Waals surface area contributed by atoms with E-state index in [9.17, 15) is 24.5 Å². The summed E-state index contributed by atoms with van der Waals surface area (Å²) < 4.78 is 5.08. The monoisotopic (exact) mass is 370 g/mol. The van der Waals surface area contributed by atoms with Gasteiger partial charge in [0.05, 0.1) is 10.5 Å². The molecule has 0 saturated heterocycles. The average molecular weight is 370 g/mol. The number of ether oxygens (including phenoxy) is 1. The van der Waals surface area contributed by atoms with Crippen molar-refractivity contribution in [1.82, 2.24) is 0 Å². The SMILES string of the molecule is CC(=O)c1ccc(NC(=O)[C@@H](C)OC(=O)c2ccc(C)c([N+](=O)[O-])c2)cc1. The third kappa shape index (κ3) is 4.97. The molecular formula is C19H18N2O6. The molecule has 1 amide bonds. The molecule has 8 nitrogen and oxygen atoms in total. The van der Waals surface area contributed by atoms with Gasteiger partial charge >= 0.3 is 5.97 Å². The number of amides is 1. The number of carbonyl (C=O) groups excluding carboxylic acids is 3. The molecule has 0 unspecified atom stereocenters. The summed E-state index contributed by atoms with van der Waals surface area (Å²) in [5, 5.41) is 13.5. The van der Waals surface area contributed by atoms with Gasteiger partial charge in [-0.1, -0.05) is 6.07 Å². The molecule has 2 aromatic carbocycles. The zero-order valence-corrected chi connectivity index (χ0v) is 15.0. The molecule has 27 heavy (non-hydrogen) atoms. The molecule has 140 valence electrons. The van der Waals surface area contributed by atoms with Crippen molar-refractivity contribution in [3.63, 3.8) is 0 Å². The van der Waals surface area contributed by atoms with E-state index in [2.05, 4.69) is 5.32 Å². The number of nitro benzene ring substituents is 1. The summed E-state index contributed by atoms with van der Waals surface area (Å²) in [6.45, 7) is 4.38. The standard InChI is InChI=1S/C19H18N2O6/c1-11-4-5-15(10-17(11)21(25)26)19(24)27-13(3)18(23)20-16-8-6-14(7-9-16)12(2)22/h4-10,13H,1-3H3,(H,20,23)/t13-/m1/s1. The summed E-state index contributed by atoms with van der Waals surface area (Å²) in [5.41, 5.74) is 1.15. The molecule has 0 aliphatic heterocycles. The lowest BCUT2D eigenvalue weighted by atomic mass is 10.1. The van der Waals surface area contributed by atoms with Crippen LogP contribution < -0.4 is 5.32 Å². The molecule has 0 aromatic heterocycles. The first kappa shape index (κ1) is 19.8. The number of nitro groups is 1. The van der Waals surface area contributed by atoms with Crippen LogP contribution in [0.15, 0.2) is 42.5 Å². The number of ketones is 1. The van der Waals surface area contributed by atoms with Crippen molar-refractivity contribution in [3.05, 3.63) is 69.3 Å². The maximum Gasteiger partial charge on any atom is 0.339 e. The van der Waals surface area contributed by atoms with Gasteiger partial charge in [-0.25, -0.2) is 4.79 Å². The first-order chi connectivity index (χ1) is 12.7. The summed E-state index contributed by atoms with van der Waals surface area (Å²) in [6, 6.07) is 10.2. The fourth-order valence-corrected chi connectivity index (χ4v) is 2.25. The smallest absolute Gasteiger partial charge is 0.339 e. The summed E-state index contributed by atoms with van der Waals surface area (Å²) in [4.78, 5) is 45.9. The highest BCUT2D eigenvalue weighted by Gasteiger charge is 2.21. The van der Waals surface area contributed by atoms with E-state index < -0.39 is 22.9 Å². The number of benzene rings is 2. The van der Waals surface area contributed by atoms with Crippen LogP contribution in [0.5, 0.6) is 0 Å². The van der Waals surface area contributed by atoms with Crippen LogP contribution in [0.4, 0.5) is 11.4 Å². The lowest BCUT2D eigenvalue weighted by Gasteiger charge is -2.14. The largest absolute Gasteiger partial charge is 0.449 e. The van der Waals surface area contributed by atoms with Crippen LogP contribution in [0.3, 0.4) is 0 Å². The highest BCUT2D eigenvalue weighted by Crippen LogP contribution is 2.20. The second-order valence-electron chi connectivity index (χ2n) is 5.93. The van der Waals surface area contributed by atoms with Gasteiger partial charge in [0.2, 0.25) is 0 Å². The Morgan fingerprint density at radius 2 is 1.67 bits per heavy atom. The fraction of sp³-hybridized carbons (Fsp3) is 0.211. The Labute approximate surface area is 155 Å². The van der Waals surface area contributed by atoms with E-state index in [0.717, 1.165) is 6.07 Å². The van der Waals surface area contributed by atoms with Crippen molar-refractivity contribution in [2.45, 2.75) is 26.9 Å². The molecule has 1 N–H and O–H groups in total. The Bertz CT molecular complexity index is 905. The number of rotatable bonds is 6. The predicted molar refractivity (Wildman–Crippen MR) is 97.8 cm³/mol. The molecule has 0 saturated carbocycles. The van der Waals surface area contributed by atoms with Crippen molar-refractivity contribution >= 4 is 29.0 Å². The number of nitrogens with one attached hydrogen (secondary N) is 1. The molecule has 0 aliphatic carbocycles. The quantitative estimate of drug-likeness (QED) is 0.361. The van der Waals surface area contributed by atoms with Crippen LogP contribution in [-0.4, -0.2) is 28.7 Å². The van der Waals surface area contributed by atoms with Gasteiger partial charge in [0.1, 0.15) is 0 Å². The first-order valence-electron chi connectivity index (χ1n) is 8.07. The van der Waals surface area contributed by atoms with Crippen LogP contribution in [0.1, 0.15) is 40.1 Å². The second-order valence-corrected chi connectivity index (χ2v) is 5.93. The minimum atomic E-state index is -1.12. The van der Waals surface area contributed by atoms with Gasteiger partial charge in [-0.2, -0.15) is 0 Å². The van der Waals surface area contributed by atoms with Crippen molar-refractivity contribution < 1.29 is 24.0 Å². The zero-order valence-electron chi connectivity index (χ0n) is 15.0. The average Bonchev–Trinajstić information content (AvgIpc) is 2.62. The topological polar surface area (TPSA) is 116 Å². The van der Waals surface area contributed by atoms with Crippen molar-refractivity contribution in [2.24, 2.45) is 0 Å². The van der Waals surface area contributed by atoms with Crippen LogP contribution in [0.2, 0.25) is 0 Å². The molecule has 0 bridgehead atoms. The number of nitrogens with zero attached hydrogens (tertiary/aromatic N) is 1. The zero-order chi connectivity index (χ0) is 20.1. The van der Waals surface area contributed by atoms with Gasteiger partial charge in [-0.05, 0) is 51.1 Å². The van der Waals surface area contributed by atoms with Crippen LogP contribution in [-0.2, 0) is 9.53 Å². The van der Waals surface area contributed by atoms with Crippen molar-refractivity contribution in [1.29, 1.82) is 0 Å². The van der Waals surface area contributed by atoms with Crippen LogP contribution in [0.25, 0.3) is 0 Å². The molecule has 0 radical (unpaired) electrons. The number of esters is 1. The van der Waals surface area contributed by atoms with E-state index in [-0.39, 0.29) is 17.0 Å². The number of hydrogen-bond acceptors (Lipinski definition) is 6. The molecule has 1 atom stereocenters. The highest BCUT2D eigenvalue weighted by molar-refractivity contribution is 5.98. The first-order valence-corrected chi connectivity index (χ1v) is 8.07. The van der Waals surface area contributed by atoms with E-state index in [0.29, 0.717) is 16.8 Å². The number of anilines is 1. The lowest BCUT2D eigenvalue weighted by molar-refractivity contribution is -0.385. The van der Waals surface area contributed by atoms with E-state index in [4.69, 9.17) is 4.74 Å². The Hall–Kier alpha value is -3.55. The maximum atomic E-state index is 12.2. The van der Waals surface area contributed by atoms with Gasteiger partial charge < -0.3 is 10.1 Å². The minimum absolute atomic E-state index is 0.0160. The van der Waals surface area contributed by atoms with Crippen LogP contribution >= 0.6 is 0 Å². The maximum absolute atomic E-state index is 12.2. The molecule has 0 heterocycles. The fourth-order valence-electron chi connectivity index (χ4n) is 2.25. The van der Waals surface area contributed by atoms with Gasteiger partial charge in [-0.3, -0.25) is 19.7 Å². The Morgan fingerprint density at radius 3 is 2.22 bits per heavy atom. The molecular weight excluding hydrogens is 352 g/mol. The van der Waals surface area contributed by atoms with Crippen molar-refractivity contribution in [3.8, 4) is 0 Å². The summed E-state index contributed by atoms with van der Waals surface area (Å²) in [7, 11) is 0. The number of aryl methyl sites for hydroxylation is 1. The predicted octanol–water partition coefficient (Wildman–Crippen LogP) is 3.29. The van der Waals surface area contributed by atoms with Gasteiger partial charge in [0.25, 0.3) is 11.6 Å². The summed E-state index contributed by atoms with van der Waals surface area (Å²) >= 11 is 0. The highest BCUT2D eigenvalue weighted by atomic mass is 16.6. The summed E-state index contributed by atoms with van der Waals surface area (Å²) in [6.07, 6.45) is -1.12. The van der Waals surface area contributed by atoms with E-state index >= 15 is 0 Å². The molecule has 0 aliphatic rings. The van der Waals surface area contributed by atoms with E-state index in [1.54, 1.807) is 31.2 Å². The molecule has 8 heteroatoms. The number of Topliss-reactive ketones (excluding diaryl/α,β-unsaturated/α-hetero) is 1. The molecule has 2 rings (SSSR count). The Kier molecular flexibility index (Phi) is 6.02. The third-order valence-corrected chi connectivity index (χ3v) is 3.85. The summed E-state index contributed by atoms with van der Waals surface area (Å²) in [5.74, 6) is -1.50. The van der Waals surface area contributed by atoms with E-state index in [1.165, 1.54) is 26.0 Å². The van der Waals surface area contributed by atoms with E-state index in [1.807, 2.05) is 0 Å². The van der Waals surface area contributed by atoms with Gasteiger partial charge in [0, 0.05) is 22.9 Å². The Morgan fingerprint density at radius 1 is 1.07 bits per heavy atom. The second kappa shape index (κ2) is 8.22. The normalized spacial score (nSPS) is 11.4. The lowest BCUT2D eigenvalue weighted by Crippen LogP contribution is -2.30.